The molecule has 1 aromatic rings. The Kier molecular flexibility index (Phi) is 3.64. The van der Waals surface area contributed by atoms with Gasteiger partial charge in [-0.2, -0.15) is 0 Å². The molecule has 0 spiro atoms. The van der Waals surface area contributed by atoms with Gasteiger partial charge in [0.2, 0.25) is 5.91 Å². The lowest BCUT2D eigenvalue weighted by atomic mass is 10.1. The number of carbonyl (C=O) groups is 1. The van der Waals surface area contributed by atoms with Gasteiger partial charge in [-0.1, -0.05) is 0 Å². The molecular weight excluding hydrogens is 214 g/mol. The zero-order chi connectivity index (χ0) is 12.3. The van der Waals surface area contributed by atoms with Gasteiger partial charge in [0, 0.05) is 30.9 Å². The van der Waals surface area contributed by atoms with Crippen LogP contribution < -0.4 is 16.0 Å². The minimum Gasteiger partial charge on any atom is -0.370 e. The van der Waals surface area contributed by atoms with Crippen molar-refractivity contribution in [2.45, 2.75) is 18.9 Å². The van der Waals surface area contributed by atoms with E-state index in [1.165, 1.54) is 12.8 Å². The van der Waals surface area contributed by atoms with E-state index in [4.69, 9.17) is 5.73 Å². The fourth-order valence-electron chi connectivity index (χ4n) is 2.24. The fraction of sp³-hybridized carbons (Fsp3) is 0.462. The van der Waals surface area contributed by atoms with E-state index in [9.17, 15) is 4.79 Å². The lowest BCUT2D eigenvalue weighted by Crippen LogP contribution is -2.44. The summed E-state index contributed by atoms with van der Waals surface area (Å²) in [6, 6.07) is 8.00. The molecule has 1 amide bonds. The zero-order valence-electron chi connectivity index (χ0n) is 10.1. The average Bonchev–Trinajstić information content (AvgIpc) is 2.39. The van der Waals surface area contributed by atoms with Crippen molar-refractivity contribution >= 4 is 11.6 Å². The first kappa shape index (κ1) is 11.9. The third-order valence-corrected chi connectivity index (χ3v) is 3.38. The SMILES string of the molecule is CN(c1ccc(C(N)=O)cc1)C1CCCNC1. The monoisotopic (exact) mass is 233 g/mol. The predicted molar refractivity (Wildman–Crippen MR) is 69.3 cm³/mol. The first-order valence-electron chi connectivity index (χ1n) is 6.02. The van der Waals surface area contributed by atoms with Crippen molar-refractivity contribution in [1.82, 2.24) is 5.32 Å². The zero-order valence-corrected chi connectivity index (χ0v) is 10.1. The fourth-order valence-corrected chi connectivity index (χ4v) is 2.24. The average molecular weight is 233 g/mol. The second-order valence-electron chi connectivity index (χ2n) is 4.52. The highest BCUT2D eigenvalue weighted by atomic mass is 16.1. The van der Waals surface area contributed by atoms with Crippen LogP contribution in [0.4, 0.5) is 5.69 Å². The number of piperidine rings is 1. The molecule has 0 bridgehead atoms. The molecule has 4 heteroatoms. The maximum atomic E-state index is 11.0. The highest BCUT2D eigenvalue weighted by molar-refractivity contribution is 5.93. The van der Waals surface area contributed by atoms with Crippen LogP contribution in [0.5, 0.6) is 0 Å². The normalized spacial score (nSPS) is 19.9. The van der Waals surface area contributed by atoms with Crippen LogP contribution in [-0.4, -0.2) is 32.1 Å². The van der Waals surface area contributed by atoms with E-state index >= 15 is 0 Å². The van der Waals surface area contributed by atoms with Gasteiger partial charge in [0.05, 0.1) is 0 Å². The van der Waals surface area contributed by atoms with Crippen molar-refractivity contribution in [2.75, 3.05) is 25.0 Å². The molecule has 92 valence electrons. The number of hydrogen-bond donors (Lipinski definition) is 2. The summed E-state index contributed by atoms with van der Waals surface area (Å²) in [5.74, 6) is -0.376. The molecule has 4 nitrogen and oxygen atoms in total. The lowest BCUT2D eigenvalue weighted by molar-refractivity contribution is 0.100. The molecule has 1 atom stereocenters. The highest BCUT2D eigenvalue weighted by Crippen LogP contribution is 2.19. The molecule has 2 rings (SSSR count). The number of primary amides is 1. The number of benzene rings is 1. The number of nitrogens with one attached hydrogen (secondary N) is 1. The van der Waals surface area contributed by atoms with Gasteiger partial charge < -0.3 is 16.0 Å². The molecule has 1 aliphatic rings. The molecule has 0 aromatic heterocycles. The Labute approximate surface area is 102 Å². The van der Waals surface area contributed by atoms with Crippen LogP contribution in [0.2, 0.25) is 0 Å². The predicted octanol–water partition coefficient (Wildman–Crippen LogP) is 0.974. The Bertz CT molecular complexity index is 382. The molecule has 1 fully saturated rings. The Morgan fingerprint density at radius 1 is 1.41 bits per heavy atom. The molecule has 17 heavy (non-hydrogen) atoms. The number of nitrogens with zero attached hydrogens (tertiary/aromatic N) is 1. The maximum absolute atomic E-state index is 11.0. The van der Waals surface area contributed by atoms with E-state index in [1.54, 1.807) is 12.1 Å². The van der Waals surface area contributed by atoms with Crippen LogP contribution in [0.25, 0.3) is 0 Å². The van der Waals surface area contributed by atoms with Crippen LogP contribution in [0.3, 0.4) is 0 Å². The maximum Gasteiger partial charge on any atom is 0.248 e. The van der Waals surface area contributed by atoms with Crippen LogP contribution in [0.1, 0.15) is 23.2 Å². The molecule has 1 aromatic carbocycles. The van der Waals surface area contributed by atoms with Gasteiger partial charge in [0.25, 0.3) is 0 Å². The number of hydrogen-bond acceptors (Lipinski definition) is 3. The summed E-state index contributed by atoms with van der Waals surface area (Å²) in [5.41, 5.74) is 6.91. The summed E-state index contributed by atoms with van der Waals surface area (Å²) in [6.07, 6.45) is 2.43. The van der Waals surface area contributed by atoms with Gasteiger partial charge in [-0.25, -0.2) is 0 Å². The smallest absolute Gasteiger partial charge is 0.248 e. The van der Waals surface area contributed by atoms with Crippen molar-refractivity contribution in [3.05, 3.63) is 29.8 Å². The Balaban J connectivity index is 2.07. The third-order valence-electron chi connectivity index (χ3n) is 3.38. The van der Waals surface area contributed by atoms with E-state index in [0.717, 1.165) is 18.8 Å². The van der Waals surface area contributed by atoms with Gasteiger partial charge in [-0.15, -0.1) is 0 Å². The van der Waals surface area contributed by atoms with Crippen molar-refractivity contribution in [3.63, 3.8) is 0 Å². The summed E-state index contributed by atoms with van der Waals surface area (Å²) in [7, 11) is 2.09. The quantitative estimate of drug-likeness (QED) is 0.818. The van der Waals surface area contributed by atoms with E-state index in [2.05, 4.69) is 17.3 Å². The molecule has 1 heterocycles. The van der Waals surface area contributed by atoms with E-state index < -0.39 is 0 Å². The van der Waals surface area contributed by atoms with Crippen LogP contribution >= 0.6 is 0 Å². The number of rotatable bonds is 3. The van der Waals surface area contributed by atoms with Gasteiger partial charge in [-0.05, 0) is 43.7 Å². The first-order valence-corrected chi connectivity index (χ1v) is 6.02. The van der Waals surface area contributed by atoms with Crippen molar-refractivity contribution < 1.29 is 4.79 Å². The summed E-state index contributed by atoms with van der Waals surface area (Å²) >= 11 is 0. The number of likely N-dealkylation sites (N-methyl/N-ethyl adjacent to an activating group) is 1. The van der Waals surface area contributed by atoms with E-state index in [1.807, 2.05) is 12.1 Å². The summed E-state index contributed by atoms with van der Waals surface area (Å²) in [6.45, 7) is 2.14. The van der Waals surface area contributed by atoms with Gasteiger partial charge in [0.15, 0.2) is 0 Å². The highest BCUT2D eigenvalue weighted by Gasteiger charge is 2.17. The molecular formula is C13H19N3O. The number of nitrogens with two attached hydrogens (primary N) is 1. The summed E-state index contributed by atoms with van der Waals surface area (Å²) < 4.78 is 0. The largest absolute Gasteiger partial charge is 0.370 e. The van der Waals surface area contributed by atoms with Crippen molar-refractivity contribution in [1.29, 1.82) is 0 Å². The minimum atomic E-state index is -0.376. The van der Waals surface area contributed by atoms with Gasteiger partial charge >= 0.3 is 0 Å². The molecule has 1 aliphatic heterocycles. The molecule has 1 unspecified atom stereocenters. The Morgan fingerprint density at radius 2 is 2.12 bits per heavy atom. The molecule has 1 saturated heterocycles. The number of amides is 1. The molecule has 3 N–H and O–H groups in total. The Hall–Kier alpha value is -1.55. The van der Waals surface area contributed by atoms with Crippen LogP contribution in [0.15, 0.2) is 24.3 Å². The molecule has 0 radical (unpaired) electrons. The van der Waals surface area contributed by atoms with Crippen LogP contribution in [-0.2, 0) is 0 Å². The van der Waals surface area contributed by atoms with Crippen molar-refractivity contribution in [2.24, 2.45) is 5.73 Å². The van der Waals surface area contributed by atoms with Gasteiger partial charge in [0.1, 0.15) is 0 Å². The lowest BCUT2D eigenvalue weighted by Gasteiger charge is -2.33. The summed E-state index contributed by atoms with van der Waals surface area (Å²) in [4.78, 5) is 13.2. The minimum absolute atomic E-state index is 0.376. The number of carbonyl (C=O) groups excluding carboxylic acids is 1. The molecule has 0 saturated carbocycles. The van der Waals surface area contributed by atoms with E-state index in [0.29, 0.717) is 11.6 Å². The van der Waals surface area contributed by atoms with Crippen molar-refractivity contribution in [3.8, 4) is 0 Å². The van der Waals surface area contributed by atoms with E-state index in [-0.39, 0.29) is 5.91 Å². The van der Waals surface area contributed by atoms with Gasteiger partial charge in [-0.3, -0.25) is 4.79 Å². The first-order chi connectivity index (χ1) is 8.18. The molecule has 0 aliphatic carbocycles. The summed E-state index contributed by atoms with van der Waals surface area (Å²) in [5, 5.41) is 3.40. The number of anilines is 1. The van der Waals surface area contributed by atoms with Crippen LogP contribution in [0, 0.1) is 0 Å². The second kappa shape index (κ2) is 5.19. The standard InChI is InChI=1S/C13H19N3O/c1-16(12-3-2-8-15-9-12)11-6-4-10(5-7-11)13(14)17/h4-7,12,15H,2-3,8-9H2,1H3,(H2,14,17). The third kappa shape index (κ3) is 2.77. The topological polar surface area (TPSA) is 58.4 Å². The second-order valence-corrected chi connectivity index (χ2v) is 4.52. The Morgan fingerprint density at radius 3 is 2.65 bits per heavy atom.